The summed E-state index contributed by atoms with van der Waals surface area (Å²) in [6, 6.07) is 8.95. The molecular formula is C17H22ClN. The number of rotatable bonds is 2. The lowest BCUT2D eigenvalue weighted by Crippen LogP contribution is -2.40. The minimum Gasteiger partial charge on any atom is -0.299 e. The molecule has 0 fully saturated rings. The third-order valence-corrected chi connectivity index (χ3v) is 4.88. The molecule has 1 heterocycles. The molecule has 1 aliphatic heterocycles. The largest absolute Gasteiger partial charge is 0.299 e. The Morgan fingerprint density at radius 1 is 1.21 bits per heavy atom. The molecule has 19 heavy (non-hydrogen) atoms. The van der Waals surface area contributed by atoms with Gasteiger partial charge < -0.3 is 0 Å². The van der Waals surface area contributed by atoms with Crippen LogP contribution in [-0.2, 0) is 6.42 Å². The van der Waals surface area contributed by atoms with E-state index >= 15 is 0 Å². The van der Waals surface area contributed by atoms with Gasteiger partial charge in [0.25, 0.3) is 0 Å². The van der Waals surface area contributed by atoms with E-state index in [0.29, 0.717) is 6.04 Å². The summed E-state index contributed by atoms with van der Waals surface area (Å²) in [6.45, 7) is 1.21. The molecule has 0 radical (unpaired) electrons. The number of halogens is 1. The monoisotopic (exact) mass is 275 g/mol. The van der Waals surface area contributed by atoms with Gasteiger partial charge in [0.2, 0.25) is 0 Å². The number of nitrogens with zero attached hydrogens (tertiary/aromatic N) is 1. The van der Waals surface area contributed by atoms with Crippen LogP contribution in [0.1, 0.15) is 37.7 Å². The van der Waals surface area contributed by atoms with Crippen molar-refractivity contribution in [2.24, 2.45) is 0 Å². The van der Waals surface area contributed by atoms with Crippen molar-refractivity contribution < 1.29 is 0 Å². The first-order valence-corrected chi connectivity index (χ1v) is 7.77. The highest BCUT2D eigenvalue weighted by Crippen LogP contribution is 2.35. The molecule has 0 amide bonds. The van der Waals surface area contributed by atoms with Gasteiger partial charge in [-0.1, -0.05) is 34.9 Å². The SMILES string of the molecule is CN1CCC2=C(CCCC2)C1Cc1cccc(Cl)c1. The zero-order chi connectivity index (χ0) is 13.2. The number of hydrogen-bond donors (Lipinski definition) is 0. The lowest BCUT2D eigenvalue weighted by Gasteiger charge is -2.39. The summed E-state index contributed by atoms with van der Waals surface area (Å²) in [6.07, 6.45) is 7.82. The second kappa shape index (κ2) is 5.68. The summed E-state index contributed by atoms with van der Waals surface area (Å²) in [5, 5.41) is 0.855. The fourth-order valence-electron chi connectivity index (χ4n) is 3.58. The fraction of sp³-hybridized carbons (Fsp3) is 0.529. The second-order valence-electron chi connectivity index (χ2n) is 5.92. The number of benzene rings is 1. The van der Waals surface area contributed by atoms with Gasteiger partial charge in [-0.05, 0) is 63.3 Å². The van der Waals surface area contributed by atoms with Gasteiger partial charge in [0, 0.05) is 17.6 Å². The van der Waals surface area contributed by atoms with Crippen LogP contribution in [0.3, 0.4) is 0 Å². The predicted octanol–water partition coefficient (Wildman–Crippen LogP) is 4.46. The van der Waals surface area contributed by atoms with E-state index in [1.54, 1.807) is 11.1 Å². The zero-order valence-electron chi connectivity index (χ0n) is 11.7. The normalized spacial score (nSPS) is 24.4. The van der Waals surface area contributed by atoms with Crippen LogP contribution in [0.4, 0.5) is 0 Å². The van der Waals surface area contributed by atoms with Crippen molar-refractivity contribution in [3.05, 3.63) is 46.0 Å². The van der Waals surface area contributed by atoms with Crippen molar-refractivity contribution in [2.75, 3.05) is 13.6 Å². The third-order valence-electron chi connectivity index (χ3n) is 4.65. The van der Waals surface area contributed by atoms with Crippen LogP contribution in [0.15, 0.2) is 35.4 Å². The Kier molecular flexibility index (Phi) is 3.95. The van der Waals surface area contributed by atoms with Gasteiger partial charge in [0.15, 0.2) is 0 Å². The van der Waals surface area contributed by atoms with E-state index in [1.807, 2.05) is 6.07 Å². The predicted molar refractivity (Wildman–Crippen MR) is 81.7 cm³/mol. The molecule has 102 valence electrons. The highest BCUT2D eigenvalue weighted by Gasteiger charge is 2.28. The zero-order valence-corrected chi connectivity index (χ0v) is 12.4. The van der Waals surface area contributed by atoms with Crippen LogP contribution >= 0.6 is 11.6 Å². The fourth-order valence-corrected chi connectivity index (χ4v) is 3.79. The average Bonchev–Trinajstić information content (AvgIpc) is 2.42. The molecule has 1 unspecified atom stereocenters. The molecule has 1 aromatic rings. The van der Waals surface area contributed by atoms with Gasteiger partial charge in [-0.2, -0.15) is 0 Å². The van der Waals surface area contributed by atoms with Crippen molar-refractivity contribution in [1.82, 2.24) is 4.90 Å². The highest BCUT2D eigenvalue weighted by molar-refractivity contribution is 6.30. The second-order valence-corrected chi connectivity index (χ2v) is 6.35. The summed E-state index contributed by atoms with van der Waals surface area (Å²) < 4.78 is 0. The molecule has 0 N–H and O–H groups in total. The summed E-state index contributed by atoms with van der Waals surface area (Å²) in [5.74, 6) is 0. The molecule has 1 nitrogen and oxygen atoms in total. The maximum absolute atomic E-state index is 6.11. The van der Waals surface area contributed by atoms with Gasteiger partial charge in [-0.3, -0.25) is 4.90 Å². The molecule has 0 aromatic heterocycles. The molecule has 1 atom stereocenters. The van der Waals surface area contributed by atoms with Gasteiger partial charge >= 0.3 is 0 Å². The molecular weight excluding hydrogens is 254 g/mol. The van der Waals surface area contributed by atoms with Crippen molar-refractivity contribution in [2.45, 2.75) is 44.6 Å². The Hall–Kier alpha value is -0.790. The Labute approximate surface area is 121 Å². The number of likely N-dealkylation sites (N-methyl/N-ethyl adjacent to an activating group) is 1. The van der Waals surface area contributed by atoms with Gasteiger partial charge in [0.1, 0.15) is 0 Å². The molecule has 0 bridgehead atoms. The van der Waals surface area contributed by atoms with Gasteiger partial charge in [-0.25, -0.2) is 0 Å². The first-order chi connectivity index (χ1) is 9.24. The topological polar surface area (TPSA) is 3.24 Å². The molecule has 1 aliphatic carbocycles. The minimum atomic E-state index is 0.600. The molecule has 1 aromatic carbocycles. The van der Waals surface area contributed by atoms with E-state index in [-0.39, 0.29) is 0 Å². The van der Waals surface area contributed by atoms with Crippen LogP contribution in [0.25, 0.3) is 0 Å². The van der Waals surface area contributed by atoms with Crippen LogP contribution in [0, 0.1) is 0 Å². The molecule has 0 spiro atoms. The van der Waals surface area contributed by atoms with Crippen molar-refractivity contribution in [3.8, 4) is 0 Å². The van der Waals surface area contributed by atoms with Crippen LogP contribution < -0.4 is 0 Å². The lowest BCUT2D eigenvalue weighted by atomic mass is 9.81. The first-order valence-electron chi connectivity index (χ1n) is 7.39. The molecule has 0 saturated carbocycles. The van der Waals surface area contributed by atoms with Crippen molar-refractivity contribution >= 4 is 11.6 Å². The van der Waals surface area contributed by atoms with E-state index in [2.05, 4.69) is 30.1 Å². The summed E-state index contributed by atoms with van der Waals surface area (Å²) >= 11 is 6.11. The lowest BCUT2D eigenvalue weighted by molar-refractivity contribution is 0.242. The molecule has 3 rings (SSSR count). The number of hydrogen-bond acceptors (Lipinski definition) is 1. The molecule has 2 aliphatic rings. The van der Waals surface area contributed by atoms with Gasteiger partial charge in [0.05, 0.1) is 0 Å². The summed E-state index contributed by atoms with van der Waals surface area (Å²) in [5.41, 5.74) is 4.86. The maximum atomic E-state index is 6.11. The van der Waals surface area contributed by atoms with Crippen LogP contribution in [0.5, 0.6) is 0 Å². The van der Waals surface area contributed by atoms with Crippen LogP contribution in [0.2, 0.25) is 5.02 Å². The highest BCUT2D eigenvalue weighted by atomic mass is 35.5. The van der Waals surface area contributed by atoms with Crippen molar-refractivity contribution in [3.63, 3.8) is 0 Å². The molecule has 0 saturated heterocycles. The Morgan fingerprint density at radius 2 is 2.05 bits per heavy atom. The quantitative estimate of drug-likeness (QED) is 0.721. The smallest absolute Gasteiger partial charge is 0.0408 e. The third kappa shape index (κ3) is 2.88. The van der Waals surface area contributed by atoms with E-state index in [9.17, 15) is 0 Å². The van der Waals surface area contributed by atoms with E-state index in [0.717, 1.165) is 11.4 Å². The Morgan fingerprint density at radius 3 is 2.89 bits per heavy atom. The maximum Gasteiger partial charge on any atom is 0.0408 e. The standard InChI is InChI=1S/C17H22ClN/c1-19-10-9-14-6-2-3-8-16(14)17(19)12-13-5-4-7-15(18)11-13/h4-5,7,11,17H,2-3,6,8-10,12H2,1H3. The molecule has 2 heteroatoms. The average molecular weight is 276 g/mol. The van der Waals surface area contributed by atoms with E-state index < -0.39 is 0 Å². The minimum absolute atomic E-state index is 0.600. The van der Waals surface area contributed by atoms with E-state index in [1.165, 1.54) is 44.2 Å². The first kappa shape index (κ1) is 13.2. The van der Waals surface area contributed by atoms with Crippen LogP contribution in [-0.4, -0.2) is 24.5 Å². The van der Waals surface area contributed by atoms with Crippen molar-refractivity contribution in [1.29, 1.82) is 0 Å². The summed E-state index contributed by atoms with van der Waals surface area (Å²) in [4.78, 5) is 2.53. The van der Waals surface area contributed by atoms with Gasteiger partial charge in [-0.15, -0.1) is 0 Å². The summed E-state index contributed by atoms with van der Waals surface area (Å²) in [7, 11) is 2.27. The Bertz CT molecular complexity index is 492. The van der Waals surface area contributed by atoms with E-state index in [4.69, 9.17) is 11.6 Å². The Balaban J connectivity index is 1.85.